The van der Waals surface area contributed by atoms with E-state index in [1.54, 1.807) is 0 Å². The van der Waals surface area contributed by atoms with Gasteiger partial charge in [0.05, 0.1) is 0 Å². The van der Waals surface area contributed by atoms with Crippen molar-refractivity contribution in [1.82, 2.24) is 0 Å². The van der Waals surface area contributed by atoms with Crippen molar-refractivity contribution in [2.24, 2.45) is 16.7 Å². The zero-order valence-corrected chi connectivity index (χ0v) is 8.42. The van der Waals surface area contributed by atoms with Crippen LogP contribution in [-0.4, -0.2) is 4.86 Å². The Balaban J connectivity index is 2.47. The first-order valence-corrected chi connectivity index (χ1v) is 4.92. The highest BCUT2D eigenvalue weighted by atomic mass is 32.1. The maximum absolute atomic E-state index is 5.43. The molecule has 0 amide bonds. The Kier molecular flexibility index (Phi) is 1.32. The van der Waals surface area contributed by atoms with Crippen LogP contribution < -0.4 is 0 Å². The molecule has 2 atom stereocenters. The molecule has 0 aliphatic heterocycles. The van der Waals surface area contributed by atoms with Gasteiger partial charge in [-0.05, 0) is 35.5 Å². The maximum atomic E-state index is 5.43. The van der Waals surface area contributed by atoms with Crippen LogP contribution >= 0.6 is 12.2 Å². The van der Waals surface area contributed by atoms with E-state index >= 15 is 0 Å². The van der Waals surface area contributed by atoms with Crippen molar-refractivity contribution in [1.29, 1.82) is 0 Å². The smallest absolute Gasteiger partial charge is 0.00424 e. The summed E-state index contributed by atoms with van der Waals surface area (Å²) in [5, 5.41) is 0. The lowest BCUT2D eigenvalue weighted by Crippen LogP contribution is -2.31. The highest BCUT2D eigenvalue weighted by Crippen LogP contribution is 2.63. The first kappa shape index (κ1) is 7.72. The van der Waals surface area contributed by atoms with Crippen molar-refractivity contribution in [3.8, 4) is 0 Å². The summed E-state index contributed by atoms with van der Waals surface area (Å²) in [5.41, 5.74) is 0.886. The van der Waals surface area contributed by atoms with Crippen LogP contribution in [-0.2, 0) is 0 Å². The van der Waals surface area contributed by atoms with E-state index in [4.69, 9.17) is 12.2 Å². The lowest BCUT2D eigenvalue weighted by atomic mass is 9.71. The molecule has 0 N–H and O–H groups in total. The molecule has 1 heteroatoms. The summed E-state index contributed by atoms with van der Waals surface area (Å²) in [6.45, 7) is 7.15. The maximum Gasteiger partial charge on any atom is 0.00424 e. The molecule has 0 nitrogen and oxygen atoms in total. The van der Waals surface area contributed by atoms with Crippen LogP contribution in [0, 0.1) is 16.7 Å². The van der Waals surface area contributed by atoms with Gasteiger partial charge in [-0.15, -0.1) is 0 Å². The fourth-order valence-electron chi connectivity index (χ4n) is 2.90. The third-order valence-electron chi connectivity index (χ3n) is 4.48. The van der Waals surface area contributed by atoms with Crippen molar-refractivity contribution < 1.29 is 0 Å². The molecular weight excluding hydrogens is 152 g/mol. The van der Waals surface area contributed by atoms with E-state index in [0.717, 1.165) is 5.92 Å². The second kappa shape index (κ2) is 1.87. The molecule has 0 aromatic rings. The van der Waals surface area contributed by atoms with Gasteiger partial charge in [0.15, 0.2) is 0 Å². The average molecular weight is 168 g/mol. The number of hydrogen-bond donors (Lipinski definition) is 0. The second-order valence-corrected chi connectivity index (χ2v) is 5.41. The van der Waals surface area contributed by atoms with E-state index in [0.29, 0.717) is 10.8 Å². The van der Waals surface area contributed by atoms with Crippen LogP contribution in [0.15, 0.2) is 0 Å². The Labute approximate surface area is 74.4 Å². The first-order valence-electron chi connectivity index (χ1n) is 4.52. The molecule has 0 saturated heterocycles. The Morgan fingerprint density at radius 2 is 2.00 bits per heavy atom. The third-order valence-corrected chi connectivity index (χ3v) is 5.10. The minimum atomic E-state index is 0.396. The van der Waals surface area contributed by atoms with Gasteiger partial charge in [0.1, 0.15) is 0 Å². The van der Waals surface area contributed by atoms with Crippen LogP contribution in [0.5, 0.6) is 0 Å². The molecule has 62 valence electrons. The highest BCUT2D eigenvalue weighted by molar-refractivity contribution is 7.80. The summed E-state index contributed by atoms with van der Waals surface area (Å²) in [6, 6.07) is 0. The van der Waals surface area contributed by atoms with Gasteiger partial charge in [0.25, 0.3) is 0 Å². The normalized spacial score (nSPS) is 46.8. The minimum Gasteiger partial charge on any atom is -0.0891 e. The van der Waals surface area contributed by atoms with Crippen molar-refractivity contribution in [3.63, 3.8) is 0 Å². The number of rotatable bonds is 0. The SMILES string of the molecule is CC1(C)[C@@H]2CC[C@@]1(C)C(=S)C2. The predicted molar refractivity (Wildman–Crippen MR) is 51.8 cm³/mol. The molecule has 0 heterocycles. The van der Waals surface area contributed by atoms with Gasteiger partial charge in [-0.3, -0.25) is 0 Å². The van der Waals surface area contributed by atoms with Gasteiger partial charge < -0.3 is 0 Å². The van der Waals surface area contributed by atoms with E-state index in [-0.39, 0.29) is 0 Å². The quantitative estimate of drug-likeness (QED) is 0.500. The standard InChI is InChI=1S/C10H16S/c1-9(2)7-4-5-10(9,3)8(11)6-7/h7H,4-6H2,1-3H3/t7-,10+/m1/s1. The molecule has 2 bridgehead atoms. The lowest BCUT2D eigenvalue weighted by molar-refractivity contribution is 0.195. The highest BCUT2D eigenvalue weighted by Gasteiger charge is 2.58. The van der Waals surface area contributed by atoms with Crippen LogP contribution in [0.1, 0.15) is 40.0 Å². The van der Waals surface area contributed by atoms with Crippen molar-refractivity contribution in [2.45, 2.75) is 40.0 Å². The molecule has 2 aliphatic carbocycles. The monoisotopic (exact) mass is 168 g/mol. The lowest BCUT2D eigenvalue weighted by Gasteiger charge is -2.34. The van der Waals surface area contributed by atoms with Crippen molar-refractivity contribution >= 4 is 17.1 Å². The molecule has 0 radical (unpaired) electrons. The van der Waals surface area contributed by atoms with Crippen LogP contribution in [0.4, 0.5) is 0 Å². The Morgan fingerprint density at radius 3 is 2.18 bits per heavy atom. The zero-order valence-electron chi connectivity index (χ0n) is 7.61. The largest absolute Gasteiger partial charge is 0.0891 e. The Hall–Kier alpha value is 0.0900. The second-order valence-electron chi connectivity index (χ2n) is 4.92. The van der Waals surface area contributed by atoms with Crippen molar-refractivity contribution in [2.75, 3.05) is 0 Å². The fourth-order valence-corrected chi connectivity index (χ4v) is 3.47. The van der Waals surface area contributed by atoms with E-state index < -0.39 is 0 Å². The fraction of sp³-hybridized carbons (Fsp3) is 0.900. The minimum absolute atomic E-state index is 0.396. The summed E-state index contributed by atoms with van der Waals surface area (Å²) in [4.78, 5) is 1.35. The summed E-state index contributed by atoms with van der Waals surface area (Å²) >= 11 is 5.43. The van der Waals surface area contributed by atoms with Crippen LogP contribution in [0.25, 0.3) is 0 Å². The van der Waals surface area contributed by atoms with Crippen LogP contribution in [0.2, 0.25) is 0 Å². The summed E-state index contributed by atoms with van der Waals surface area (Å²) < 4.78 is 0. The molecule has 2 rings (SSSR count). The molecule has 0 spiro atoms. The number of hydrogen-bond acceptors (Lipinski definition) is 1. The van der Waals surface area contributed by atoms with E-state index in [2.05, 4.69) is 20.8 Å². The van der Waals surface area contributed by atoms with E-state index in [1.165, 1.54) is 24.1 Å². The molecule has 0 unspecified atom stereocenters. The Bertz CT molecular complexity index is 217. The molecule has 11 heavy (non-hydrogen) atoms. The average Bonchev–Trinajstić information content (AvgIpc) is 2.20. The van der Waals surface area contributed by atoms with Gasteiger partial charge in [0, 0.05) is 5.41 Å². The van der Waals surface area contributed by atoms with Crippen LogP contribution in [0.3, 0.4) is 0 Å². The first-order chi connectivity index (χ1) is 4.98. The van der Waals surface area contributed by atoms with Gasteiger partial charge in [-0.2, -0.15) is 0 Å². The predicted octanol–water partition coefficient (Wildman–Crippen LogP) is 3.20. The van der Waals surface area contributed by atoms with Gasteiger partial charge in [-0.25, -0.2) is 0 Å². The summed E-state index contributed by atoms with van der Waals surface area (Å²) in [6.07, 6.45) is 3.96. The summed E-state index contributed by atoms with van der Waals surface area (Å²) in [5.74, 6) is 0.889. The number of fused-ring (bicyclic) bond motifs is 2. The zero-order chi connectivity index (χ0) is 8.28. The van der Waals surface area contributed by atoms with Gasteiger partial charge in [-0.1, -0.05) is 33.0 Å². The van der Waals surface area contributed by atoms with Gasteiger partial charge >= 0.3 is 0 Å². The van der Waals surface area contributed by atoms with E-state index in [9.17, 15) is 0 Å². The topological polar surface area (TPSA) is 0 Å². The molecule has 0 aromatic carbocycles. The molecule has 2 saturated carbocycles. The molecular formula is C10H16S. The third kappa shape index (κ3) is 0.683. The number of thiocarbonyl (C=S) groups is 1. The molecule has 2 fully saturated rings. The molecule has 0 aromatic heterocycles. The summed E-state index contributed by atoms with van der Waals surface area (Å²) in [7, 11) is 0. The van der Waals surface area contributed by atoms with E-state index in [1.807, 2.05) is 0 Å². The molecule has 2 aliphatic rings. The van der Waals surface area contributed by atoms with Gasteiger partial charge in [0.2, 0.25) is 0 Å². The Morgan fingerprint density at radius 1 is 1.36 bits per heavy atom. The van der Waals surface area contributed by atoms with Crippen molar-refractivity contribution in [3.05, 3.63) is 0 Å².